The second kappa shape index (κ2) is 8.46. The summed E-state index contributed by atoms with van der Waals surface area (Å²) in [6.07, 6.45) is 3.53. The zero-order valence-corrected chi connectivity index (χ0v) is 7.95. The molecular weight excluding hydrogens is 188 g/mol. The average molecular weight is 204 g/mol. The molecule has 2 aliphatic rings. The molecule has 0 aromatic carbocycles. The van der Waals surface area contributed by atoms with Crippen molar-refractivity contribution in [1.82, 2.24) is 10.6 Å². The van der Waals surface area contributed by atoms with E-state index >= 15 is 0 Å². The Balaban J connectivity index is 0.000000206. The van der Waals surface area contributed by atoms with Gasteiger partial charge in [-0.15, -0.1) is 0 Å². The Bertz CT molecular complexity index is 148. The van der Waals surface area contributed by atoms with E-state index in [0.717, 1.165) is 38.8 Å². The topological polar surface area (TPSA) is 98.7 Å². The van der Waals surface area contributed by atoms with Crippen molar-refractivity contribution in [1.29, 1.82) is 0 Å². The van der Waals surface area contributed by atoms with Gasteiger partial charge < -0.3 is 10.6 Å². The molecule has 0 atom stereocenters. The van der Waals surface area contributed by atoms with E-state index in [0.29, 0.717) is 0 Å². The molecule has 4 N–H and O–H groups in total. The van der Waals surface area contributed by atoms with Crippen LogP contribution in [0.2, 0.25) is 0 Å². The minimum Gasteiger partial charge on any atom is -0.356 e. The largest absolute Gasteiger partial charge is 0.356 e. The van der Waals surface area contributed by atoms with Gasteiger partial charge in [0.05, 0.1) is 0 Å². The van der Waals surface area contributed by atoms with Gasteiger partial charge in [-0.25, -0.2) is 0 Å². The van der Waals surface area contributed by atoms with Crippen LogP contribution in [0, 0.1) is 0 Å². The van der Waals surface area contributed by atoms with Gasteiger partial charge in [-0.2, -0.15) is 0 Å². The van der Waals surface area contributed by atoms with E-state index in [4.69, 9.17) is 10.5 Å². The fraction of sp³-hybridized carbons (Fsp3) is 0.750. The maximum atomic E-state index is 10.1. The highest BCUT2D eigenvalue weighted by atomic mass is 17.0. The Hall–Kier alpha value is -1.14. The standard InChI is InChI=1S/2C4H7NO.H2O2/c2*6-4-2-1-3-5-4;1-2/h2*1-3H2,(H,5,6);1-2H. The normalized spacial score (nSPS) is 18.4. The van der Waals surface area contributed by atoms with Gasteiger partial charge in [-0.1, -0.05) is 0 Å². The van der Waals surface area contributed by atoms with E-state index in [1.807, 2.05) is 0 Å². The van der Waals surface area contributed by atoms with Crippen molar-refractivity contribution in [2.24, 2.45) is 0 Å². The molecule has 0 aliphatic carbocycles. The van der Waals surface area contributed by atoms with E-state index in [1.54, 1.807) is 0 Å². The van der Waals surface area contributed by atoms with Crippen molar-refractivity contribution in [3.8, 4) is 0 Å². The first-order chi connectivity index (χ1) is 6.79. The van der Waals surface area contributed by atoms with E-state index < -0.39 is 0 Å². The zero-order valence-electron chi connectivity index (χ0n) is 7.95. The molecule has 82 valence electrons. The van der Waals surface area contributed by atoms with Gasteiger partial charge in [0.25, 0.3) is 0 Å². The van der Waals surface area contributed by atoms with E-state index in [2.05, 4.69) is 10.6 Å². The van der Waals surface area contributed by atoms with Crippen LogP contribution in [-0.2, 0) is 9.59 Å². The van der Waals surface area contributed by atoms with Gasteiger partial charge in [-0.3, -0.25) is 20.1 Å². The monoisotopic (exact) mass is 204 g/mol. The minimum absolute atomic E-state index is 0.204. The molecule has 2 saturated heterocycles. The highest BCUT2D eigenvalue weighted by molar-refractivity contribution is 5.77. The first-order valence-corrected chi connectivity index (χ1v) is 4.52. The molecule has 14 heavy (non-hydrogen) atoms. The molecule has 2 fully saturated rings. The molecule has 2 aliphatic heterocycles. The summed E-state index contributed by atoms with van der Waals surface area (Å²) in [5.74, 6) is 0.407. The number of rotatable bonds is 0. The molecule has 6 nitrogen and oxygen atoms in total. The van der Waals surface area contributed by atoms with E-state index in [-0.39, 0.29) is 11.8 Å². The van der Waals surface area contributed by atoms with Crippen molar-refractivity contribution in [2.75, 3.05) is 13.1 Å². The van der Waals surface area contributed by atoms with Crippen molar-refractivity contribution in [2.45, 2.75) is 25.7 Å². The van der Waals surface area contributed by atoms with Crippen LogP contribution in [0.1, 0.15) is 25.7 Å². The van der Waals surface area contributed by atoms with Gasteiger partial charge in [-0.05, 0) is 12.8 Å². The fourth-order valence-electron chi connectivity index (χ4n) is 1.13. The molecule has 2 rings (SSSR count). The van der Waals surface area contributed by atoms with Gasteiger partial charge in [0, 0.05) is 25.9 Å². The Morgan fingerprint density at radius 1 is 0.857 bits per heavy atom. The van der Waals surface area contributed by atoms with Crippen molar-refractivity contribution < 1.29 is 20.1 Å². The number of amides is 2. The quantitative estimate of drug-likeness (QED) is 0.324. The maximum Gasteiger partial charge on any atom is 0.220 e. The van der Waals surface area contributed by atoms with Gasteiger partial charge in [0.2, 0.25) is 11.8 Å². The van der Waals surface area contributed by atoms with Crippen LogP contribution in [0.3, 0.4) is 0 Å². The highest BCUT2D eigenvalue weighted by Crippen LogP contribution is 1.93. The second-order valence-corrected chi connectivity index (χ2v) is 2.91. The van der Waals surface area contributed by atoms with Gasteiger partial charge >= 0.3 is 0 Å². The third kappa shape index (κ3) is 6.38. The van der Waals surface area contributed by atoms with Crippen molar-refractivity contribution in [3.63, 3.8) is 0 Å². The molecule has 0 saturated carbocycles. The van der Waals surface area contributed by atoms with Crippen LogP contribution >= 0.6 is 0 Å². The summed E-state index contributed by atoms with van der Waals surface area (Å²) >= 11 is 0. The lowest BCUT2D eigenvalue weighted by Crippen LogP contribution is -2.12. The summed E-state index contributed by atoms with van der Waals surface area (Å²) in [6, 6.07) is 0. The highest BCUT2D eigenvalue weighted by Gasteiger charge is 2.05. The van der Waals surface area contributed by atoms with Gasteiger partial charge in [0.15, 0.2) is 0 Å². The molecule has 6 heteroatoms. The molecule has 0 aromatic heterocycles. The molecule has 2 heterocycles. The SMILES string of the molecule is O=C1CCCN1.O=C1CCCN1.OO. The van der Waals surface area contributed by atoms with Crippen molar-refractivity contribution in [3.05, 3.63) is 0 Å². The van der Waals surface area contributed by atoms with Crippen LogP contribution in [0.25, 0.3) is 0 Å². The average Bonchev–Trinajstić information content (AvgIpc) is 2.83. The predicted molar refractivity (Wildman–Crippen MR) is 49.7 cm³/mol. The number of nitrogens with one attached hydrogen (secondary N) is 2. The maximum absolute atomic E-state index is 10.1. The Morgan fingerprint density at radius 2 is 1.21 bits per heavy atom. The molecular formula is C8H16N2O4. The lowest BCUT2D eigenvalue weighted by molar-refractivity contribution is -0.176. The Morgan fingerprint density at radius 3 is 1.29 bits per heavy atom. The summed E-state index contributed by atoms with van der Waals surface area (Å²) in [4.78, 5) is 20.3. The van der Waals surface area contributed by atoms with Crippen molar-refractivity contribution >= 4 is 11.8 Å². The summed E-state index contributed by atoms with van der Waals surface area (Å²) in [7, 11) is 0. The number of carbonyl (C=O) groups is 2. The second-order valence-electron chi connectivity index (χ2n) is 2.91. The zero-order chi connectivity index (χ0) is 10.8. The summed E-state index contributed by atoms with van der Waals surface area (Å²) < 4.78 is 0. The molecule has 2 amide bonds. The van der Waals surface area contributed by atoms with Crippen LogP contribution in [0.4, 0.5) is 0 Å². The first kappa shape index (κ1) is 12.9. The number of carbonyl (C=O) groups excluding carboxylic acids is 2. The summed E-state index contributed by atoms with van der Waals surface area (Å²) in [5.41, 5.74) is 0. The number of hydrogen-bond donors (Lipinski definition) is 4. The lowest BCUT2D eigenvalue weighted by Gasteiger charge is -1.80. The van der Waals surface area contributed by atoms with Crippen LogP contribution in [0.15, 0.2) is 0 Å². The fourth-order valence-corrected chi connectivity index (χ4v) is 1.13. The van der Waals surface area contributed by atoms with E-state index in [1.165, 1.54) is 0 Å². The van der Waals surface area contributed by atoms with Crippen LogP contribution in [-0.4, -0.2) is 35.4 Å². The molecule has 0 aromatic rings. The first-order valence-electron chi connectivity index (χ1n) is 4.52. The van der Waals surface area contributed by atoms with Crippen LogP contribution in [0.5, 0.6) is 0 Å². The molecule has 0 unspecified atom stereocenters. The summed E-state index contributed by atoms with van der Waals surface area (Å²) in [6.45, 7) is 1.78. The number of hydrogen-bond acceptors (Lipinski definition) is 4. The predicted octanol–water partition coefficient (Wildman–Crippen LogP) is -0.190. The Kier molecular flexibility index (Phi) is 7.77. The van der Waals surface area contributed by atoms with Gasteiger partial charge in [0.1, 0.15) is 0 Å². The molecule has 0 bridgehead atoms. The Labute approximate surface area is 82.2 Å². The summed E-state index contributed by atoms with van der Waals surface area (Å²) in [5, 5.41) is 17.4. The molecule has 0 radical (unpaired) electrons. The third-order valence-corrected chi connectivity index (χ3v) is 1.81. The van der Waals surface area contributed by atoms with Crippen LogP contribution < -0.4 is 10.6 Å². The smallest absolute Gasteiger partial charge is 0.220 e. The third-order valence-electron chi connectivity index (χ3n) is 1.81. The van der Waals surface area contributed by atoms with E-state index in [9.17, 15) is 9.59 Å². The molecule has 0 spiro atoms. The lowest BCUT2D eigenvalue weighted by atomic mass is 10.4. The minimum atomic E-state index is 0.204.